The van der Waals surface area contributed by atoms with Crippen LogP contribution in [0.1, 0.15) is 24.2 Å². The van der Waals surface area contributed by atoms with Gasteiger partial charge in [-0.3, -0.25) is 9.59 Å². The lowest BCUT2D eigenvalue weighted by Crippen LogP contribution is -2.38. The van der Waals surface area contributed by atoms with Crippen molar-refractivity contribution < 1.29 is 28.6 Å². The SMILES string of the molecule is CCNC(=O)CNC(=O)COC(=O)c1ccc(OCC)c(OC)c1. The number of amides is 2. The molecule has 8 heteroatoms. The lowest BCUT2D eigenvalue weighted by atomic mass is 10.2. The zero-order chi connectivity index (χ0) is 17.9. The molecule has 0 fully saturated rings. The van der Waals surface area contributed by atoms with E-state index in [0.29, 0.717) is 24.7 Å². The summed E-state index contributed by atoms with van der Waals surface area (Å²) in [7, 11) is 1.46. The van der Waals surface area contributed by atoms with Crippen LogP contribution in [0.25, 0.3) is 0 Å². The zero-order valence-electron chi connectivity index (χ0n) is 14.0. The monoisotopic (exact) mass is 338 g/mol. The van der Waals surface area contributed by atoms with Crippen molar-refractivity contribution in [3.63, 3.8) is 0 Å². The number of carbonyl (C=O) groups excluding carboxylic acids is 3. The third-order valence-electron chi connectivity index (χ3n) is 2.85. The highest BCUT2D eigenvalue weighted by molar-refractivity contribution is 5.92. The largest absolute Gasteiger partial charge is 0.493 e. The van der Waals surface area contributed by atoms with Crippen LogP contribution in [0.15, 0.2) is 18.2 Å². The molecule has 2 amide bonds. The number of hydrogen-bond donors (Lipinski definition) is 2. The Balaban J connectivity index is 2.53. The number of nitrogens with one attached hydrogen (secondary N) is 2. The number of methoxy groups -OCH3 is 1. The van der Waals surface area contributed by atoms with E-state index in [0.717, 1.165) is 0 Å². The molecule has 0 bridgehead atoms. The molecular weight excluding hydrogens is 316 g/mol. The van der Waals surface area contributed by atoms with Gasteiger partial charge in [0.1, 0.15) is 0 Å². The smallest absolute Gasteiger partial charge is 0.338 e. The minimum absolute atomic E-state index is 0.166. The Morgan fingerprint density at radius 3 is 2.42 bits per heavy atom. The van der Waals surface area contributed by atoms with Gasteiger partial charge in [0.05, 0.1) is 25.8 Å². The van der Waals surface area contributed by atoms with E-state index >= 15 is 0 Å². The average Bonchev–Trinajstić information content (AvgIpc) is 2.58. The molecule has 0 saturated heterocycles. The van der Waals surface area contributed by atoms with E-state index in [1.165, 1.54) is 19.2 Å². The normalized spacial score (nSPS) is 9.79. The van der Waals surface area contributed by atoms with Gasteiger partial charge in [0.2, 0.25) is 5.91 Å². The zero-order valence-corrected chi connectivity index (χ0v) is 14.0. The number of carbonyl (C=O) groups is 3. The van der Waals surface area contributed by atoms with E-state index in [-0.39, 0.29) is 18.0 Å². The van der Waals surface area contributed by atoms with Crippen molar-refractivity contribution >= 4 is 17.8 Å². The number of benzene rings is 1. The van der Waals surface area contributed by atoms with Crippen molar-refractivity contribution in [1.29, 1.82) is 0 Å². The van der Waals surface area contributed by atoms with E-state index in [1.807, 2.05) is 6.92 Å². The first kappa shape index (κ1) is 19.3. The van der Waals surface area contributed by atoms with Crippen LogP contribution < -0.4 is 20.1 Å². The third kappa shape index (κ3) is 6.15. The Bertz CT molecular complexity index is 588. The second-order valence-electron chi connectivity index (χ2n) is 4.61. The quantitative estimate of drug-likeness (QED) is 0.636. The molecule has 1 aromatic rings. The highest BCUT2D eigenvalue weighted by Gasteiger charge is 2.14. The summed E-state index contributed by atoms with van der Waals surface area (Å²) in [4.78, 5) is 34.7. The molecule has 0 heterocycles. The first-order valence-electron chi connectivity index (χ1n) is 7.53. The van der Waals surface area contributed by atoms with Gasteiger partial charge in [0, 0.05) is 6.54 Å². The molecule has 0 radical (unpaired) electrons. The molecule has 8 nitrogen and oxygen atoms in total. The number of esters is 1. The fraction of sp³-hybridized carbons (Fsp3) is 0.438. The second kappa shape index (κ2) is 10.1. The molecule has 0 aromatic heterocycles. The van der Waals surface area contributed by atoms with Crippen LogP contribution in [0, 0.1) is 0 Å². The molecule has 24 heavy (non-hydrogen) atoms. The van der Waals surface area contributed by atoms with Crippen LogP contribution in [0.3, 0.4) is 0 Å². The second-order valence-corrected chi connectivity index (χ2v) is 4.61. The van der Waals surface area contributed by atoms with Crippen LogP contribution in [-0.2, 0) is 14.3 Å². The number of likely N-dealkylation sites (N-methyl/N-ethyl adjacent to an activating group) is 1. The molecule has 0 spiro atoms. The molecule has 1 rings (SSSR count). The molecule has 0 atom stereocenters. The van der Waals surface area contributed by atoms with E-state index in [4.69, 9.17) is 14.2 Å². The maximum atomic E-state index is 11.9. The fourth-order valence-electron chi connectivity index (χ4n) is 1.77. The lowest BCUT2D eigenvalue weighted by molar-refractivity contribution is -0.127. The Morgan fingerprint density at radius 1 is 1.04 bits per heavy atom. The summed E-state index contributed by atoms with van der Waals surface area (Å²) in [6.45, 7) is 3.90. The fourth-order valence-corrected chi connectivity index (χ4v) is 1.77. The summed E-state index contributed by atoms with van der Waals surface area (Å²) in [5, 5.41) is 4.88. The van der Waals surface area contributed by atoms with E-state index in [1.54, 1.807) is 13.0 Å². The van der Waals surface area contributed by atoms with Gasteiger partial charge >= 0.3 is 5.97 Å². The van der Waals surface area contributed by atoms with Gasteiger partial charge in [-0.05, 0) is 32.0 Å². The Labute approximate surface area is 140 Å². The van der Waals surface area contributed by atoms with Gasteiger partial charge in [0.15, 0.2) is 18.1 Å². The van der Waals surface area contributed by atoms with Crippen LogP contribution in [0.4, 0.5) is 0 Å². The van der Waals surface area contributed by atoms with E-state index in [2.05, 4.69) is 10.6 Å². The Hall–Kier alpha value is -2.77. The summed E-state index contributed by atoms with van der Waals surface area (Å²) in [5.74, 6) is -0.645. The molecule has 0 saturated carbocycles. The van der Waals surface area contributed by atoms with Crippen molar-refractivity contribution in [3.8, 4) is 11.5 Å². The van der Waals surface area contributed by atoms with E-state index in [9.17, 15) is 14.4 Å². The Morgan fingerprint density at radius 2 is 1.79 bits per heavy atom. The molecule has 1 aromatic carbocycles. The predicted octanol–water partition coefficient (Wildman–Crippen LogP) is 0.503. The van der Waals surface area contributed by atoms with Crippen molar-refractivity contribution in [1.82, 2.24) is 10.6 Å². The summed E-state index contributed by atoms with van der Waals surface area (Å²) in [6.07, 6.45) is 0. The predicted molar refractivity (Wildman–Crippen MR) is 86.1 cm³/mol. The van der Waals surface area contributed by atoms with Crippen LogP contribution in [0.5, 0.6) is 11.5 Å². The van der Waals surface area contributed by atoms with Crippen molar-refractivity contribution in [2.24, 2.45) is 0 Å². The molecule has 0 aliphatic heterocycles. The van der Waals surface area contributed by atoms with Gasteiger partial charge in [-0.1, -0.05) is 0 Å². The minimum Gasteiger partial charge on any atom is -0.493 e. The number of rotatable bonds is 9. The number of ether oxygens (including phenoxy) is 3. The average molecular weight is 338 g/mol. The highest BCUT2D eigenvalue weighted by Crippen LogP contribution is 2.28. The lowest BCUT2D eigenvalue weighted by Gasteiger charge is -2.11. The highest BCUT2D eigenvalue weighted by atomic mass is 16.5. The van der Waals surface area contributed by atoms with Crippen LogP contribution in [0.2, 0.25) is 0 Å². The molecular formula is C16H22N2O6. The molecule has 0 unspecified atom stereocenters. The van der Waals surface area contributed by atoms with E-state index < -0.39 is 18.5 Å². The Kier molecular flexibility index (Phi) is 8.10. The van der Waals surface area contributed by atoms with Crippen LogP contribution in [-0.4, -0.2) is 51.2 Å². The van der Waals surface area contributed by atoms with Gasteiger partial charge < -0.3 is 24.8 Å². The maximum absolute atomic E-state index is 11.9. The first-order valence-corrected chi connectivity index (χ1v) is 7.53. The van der Waals surface area contributed by atoms with Crippen molar-refractivity contribution in [2.45, 2.75) is 13.8 Å². The minimum atomic E-state index is -0.676. The van der Waals surface area contributed by atoms with Gasteiger partial charge in [-0.25, -0.2) is 4.79 Å². The number of hydrogen-bond acceptors (Lipinski definition) is 6. The summed E-state index contributed by atoms with van der Waals surface area (Å²) in [6, 6.07) is 4.58. The van der Waals surface area contributed by atoms with Gasteiger partial charge in [0.25, 0.3) is 5.91 Å². The third-order valence-corrected chi connectivity index (χ3v) is 2.85. The van der Waals surface area contributed by atoms with Crippen LogP contribution >= 0.6 is 0 Å². The molecule has 132 valence electrons. The topological polar surface area (TPSA) is 103 Å². The summed E-state index contributed by atoms with van der Waals surface area (Å²) >= 11 is 0. The maximum Gasteiger partial charge on any atom is 0.338 e. The van der Waals surface area contributed by atoms with Gasteiger partial charge in [-0.2, -0.15) is 0 Å². The summed E-state index contributed by atoms with van der Waals surface area (Å²) < 4.78 is 15.4. The first-order chi connectivity index (χ1) is 11.5. The van der Waals surface area contributed by atoms with Gasteiger partial charge in [-0.15, -0.1) is 0 Å². The summed E-state index contributed by atoms with van der Waals surface area (Å²) in [5.41, 5.74) is 0.229. The molecule has 0 aliphatic rings. The molecule has 2 N–H and O–H groups in total. The van der Waals surface area contributed by atoms with Crippen molar-refractivity contribution in [2.75, 3.05) is 33.4 Å². The standard InChI is InChI=1S/C16H22N2O6/c1-4-17-14(19)9-18-15(20)10-24-16(21)11-6-7-12(23-5-2)13(8-11)22-3/h6-8H,4-5,9-10H2,1-3H3,(H,17,19)(H,18,20). The van der Waals surface area contributed by atoms with Crippen molar-refractivity contribution in [3.05, 3.63) is 23.8 Å². The molecule has 0 aliphatic carbocycles.